The van der Waals surface area contributed by atoms with Gasteiger partial charge in [0.2, 0.25) is 0 Å². The van der Waals surface area contributed by atoms with Crippen molar-refractivity contribution in [2.45, 2.75) is 6.54 Å². The van der Waals surface area contributed by atoms with Crippen molar-refractivity contribution in [2.24, 2.45) is 0 Å². The maximum atomic E-state index is 13.1. The van der Waals surface area contributed by atoms with Crippen molar-refractivity contribution in [3.8, 4) is 6.07 Å². The summed E-state index contributed by atoms with van der Waals surface area (Å²) in [6.45, 7) is 4.44. The third-order valence-electron chi connectivity index (χ3n) is 4.83. The molecule has 0 spiro atoms. The highest BCUT2D eigenvalue weighted by molar-refractivity contribution is 5.65. The van der Waals surface area contributed by atoms with E-state index in [-0.39, 0.29) is 5.82 Å². The summed E-state index contributed by atoms with van der Waals surface area (Å²) in [7, 11) is 0. The molecular weight excluding hydrogens is 315 g/mol. The summed E-state index contributed by atoms with van der Waals surface area (Å²) in [5, 5.41) is 9.53. The Morgan fingerprint density at radius 3 is 2.48 bits per heavy atom. The van der Waals surface area contributed by atoms with Crippen LogP contribution in [0.1, 0.15) is 11.1 Å². The van der Waals surface area contributed by atoms with Crippen molar-refractivity contribution in [3.05, 3.63) is 71.8 Å². The molecule has 1 aliphatic rings. The summed E-state index contributed by atoms with van der Waals surface area (Å²) in [5.74, 6) is -0.202. The molecule has 126 valence electrons. The zero-order chi connectivity index (χ0) is 17.2. The van der Waals surface area contributed by atoms with Gasteiger partial charge in [-0.15, -0.1) is 0 Å². The number of hydrogen-bond acceptors (Lipinski definition) is 3. The molecule has 0 bridgehead atoms. The third-order valence-corrected chi connectivity index (χ3v) is 4.83. The fourth-order valence-electron chi connectivity index (χ4n) is 3.48. The second-order valence-corrected chi connectivity index (χ2v) is 6.37. The molecule has 0 aliphatic carbocycles. The molecule has 3 heterocycles. The molecule has 4 nitrogen and oxygen atoms in total. The number of hydrogen-bond donors (Lipinski definition) is 0. The highest BCUT2D eigenvalue weighted by Crippen LogP contribution is 2.21. The van der Waals surface area contributed by atoms with Crippen LogP contribution < -0.4 is 4.90 Å². The number of nitrogens with zero attached hydrogens (tertiary/aromatic N) is 4. The molecule has 25 heavy (non-hydrogen) atoms. The first-order valence-corrected chi connectivity index (χ1v) is 8.46. The normalized spacial score (nSPS) is 15.4. The zero-order valence-electron chi connectivity index (χ0n) is 13.9. The summed E-state index contributed by atoms with van der Waals surface area (Å²) in [5.41, 5.74) is 3.86. The van der Waals surface area contributed by atoms with Gasteiger partial charge in [-0.2, -0.15) is 5.26 Å². The minimum atomic E-state index is -0.202. The number of aromatic nitrogens is 1. The van der Waals surface area contributed by atoms with E-state index in [9.17, 15) is 9.65 Å². The number of fused-ring (bicyclic) bond motifs is 1. The first-order chi connectivity index (χ1) is 12.2. The van der Waals surface area contributed by atoms with E-state index in [1.807, 2.05) is 40.9 Å². The predicted molar refractivity (Wildman–Crippen MR) is 96.0 cm³/mol. The number of piperazine rings is 1. The molecule has 1 aliphatic heterocycles. The molecule has 5 heteroatoms. The Labute approximate surface area is 146 Å². The van der Waals surface area contributed by atoms with Gasteiger partial charge in [-0.05, 0) is 36.4 Å². The number of anilines is 1. The molecule has 0 atom stereocenters. The van der Waals surface area contributed by atoms with Gasteiger partial charge < -0.3 is 9.30 Å². The van der Waals surface area contributed by atoms with Crippen LogP contribution in [0.15, 0.2) is 54.9 Å². The van der Waals surface area contributed by atoms with Crippen LogP contribution in [0, 0.1) is 17.1 Å². The van der Waals surface area contributed by atoms with E-state index in [1.54, 1.807) is 0 Å². The lowest BCUT2D eigenvalue weighted by molar-refractivity contribution is 0.250. The lowest BCUT2D eigenvalue weighted by Crippen LogP contribution is -2.46. The Morgan fingerprint density at radius 1 is 1.00 bits per heavy atom. The molecule has 3 aromatic rings. The van der Waals surface area contributed by atoms with Gasteiger partial charge in [0, 0.05) is 56.4 Å². The minimum Gasteiger partial charge on any atom is -0.369 e. The van der Waals surface area contributed by atoms with Gasteiger partial charge in [-0.25, -0.2) is 4.39 Å². The van der Waals surface area contributed by atoms with E-state index < -0.39 is 0 Å². The monoisotopic (exact) mass is 334 g/mol. The van der Waals surface area contributed by atoms with Gasteiger partial charge >= 0.3 is 0 Å². The van der Waals surface area contributed by atoms with Gasteiger partial charge in [0.1, 0.15) is 11.9 Å². The fourth-order valence-corrected chi connectivity index (χ4v) is 3.48. The largest absolute Gasteiger partial charge is 0.369 e. The van der Waals surface area contributed by atoms with Gasteiger partial charge in [0.05, 0.1) is 11.1 Å². The second-order valence-electron chi connectivity index (χ2n) is 6.37. The number of halogens is 1. The highest BCUT2D eigenvalue weighted by Gasteiger charge is 2.19. The number of pyridine rings is 1. The molecule has 0 N–H and O–H groups in total. The van der Waals surface area contributed by atoms with Crippen LogP contribution >= 0.6 is 0 Å². The third kappa shape index (κ3) is 3.09. The van der Waals surface area contributed by atoms with Crippen molar-refractivity contribution in [1.82, 2.24) is 9.30 Å². The summed E-state index contributed by atoms with van der Waals surface area (Å²) >= 11 is 0. The Morgan fingerprint density at radius 2 is 1.76 bits per heavy atom. The van der Waals surface area contributed by atoms with Crippen molar-refractivity contribution in [1.29, 1.82) is 5.26 Å². The van der Waals surface area contributed by atoms with E-state index >= 15 is 0 Å². The standard InChI is InChI=1S/C20H19FN4/c21-17-4-6-18(7-5-17)24-11-9-23(10-12-24)14-16-15-25-8-2-1-3-20(25)19(16)13-22/h1-8,15H,9-12,14H2. The molecule has 0 amide bonds. The predicted octanol–water partition coefficient (Wildman–Crippen LogP) is 3.27. The Balaban J connectivity index is 1.45. The van der Waals surface area contributed by atoms with E-state index in [0.29, 0.717) is 0 Å². The minimum absolute atomic E-state index is 0.202. The summed E-state index contributed by atoms with van der Waals surface area (Å²) in [6, 6.07) is 14.9. The number of nitriles is 1. The summed E-state index contributed by atoms with van der Waals surface area (Å²) in [4.78, 5) is 4.65. The summed E-state index contributed by atoms with van der Waals surface area (Å²) in [6.07, 6.45) is 4.03. The maximum absolute atomic E-state index is 13.1. The number of benzene rings is 1. The van der Waals surface area contributed by atoms with E-state index in [0.717, 1.165) is 55.1 Å². The lowest BCUT2D eigenvalue weighted by atomic mass is 10.1. The highest BCUT2D eigenvalue weighted by atomic mass is 19.1. The van der Waals surface area contributed by atoms with E-state index in [4.69, 9.17) is 0 Å². The molecule has 0 unspecified atom stereocenters. The van der Waals surface area contributed by atoms with Crippen molar-refractivity contribution in [3.63, 3.8) is 0 Å². The van der Waals surface area contributed by atoms with Crippen LogP contribution in [0.25, 0.3) is 5.52 Å². The molecule has 2 aromatic heterocycles. The number of rotatable bonds is 3. The average Bonchev–Trinajstić information content (AvgIpc) is 3.00. The van der Waals surface area contributed by atoms with Crippen LogP contribution in [0.4, 0.5) is 10.1 Å². The molecular formula is C20H19FN4. The molecule has 1 fully saturated rings. The molecule has 0 saturated carbocycles. The Hall–Kier alpha value is -2.84. The summed E-state index contributed by atoms with van der Waals surface area (Å²) < 4.78 is 15.1. The van der Waals surface area contributed by atoms with Crippen LogP contribution in [0.3, 0.4) is 0 Å². The topological polar surface area (TPSA) is 34.7 Å². The zero-order valence-corrected chi connectivity index (χ0v) is 13.9. The van der Waals surface area contributed by atoms with Crippen LogP contribution in [0.5, 0.6) is 0 Å². The average molecular weight is 334 g/mol. The Bertz CT molecular complexity index is 915. The van der Waals surface area contributed by atoms with E-state index in [1.165, 1.54) is 12.1 Å². The van der Waals surface area contributed by atoms with Gasteiger partial charge in [-0.3, -0.25) is 4.90 Å². The van der Waals surface area contributed by atoms with E-state index in [2.05, 4.69) is 22.1 Å². The first-order valence-electron chi connectivity index (χ1n) is 8.46. The second kappa shape index (κ2) is 6.58. The van der Waals surface area contributed by atoms with Crippen molar-refractivity contribution in [2.75, 3.05) is 31.1 Å². The van der Waals surface area contributed by atoms with Gasteiger partial charge in [0.15, 0.2) is 0 Å². The molecule has 1 aromatic carbocycles. The quantitative estimate of drug-likeness (QED) is 0.737. The molecule has 1 saturated heterocycles. The maximum Gasteiger partial charge on any atom is 0.123 e. The van der Waals surface area contributed by atoms with Crippen molar-refractivity contribution < 1.29 is 4.39 Å². The van der Waals surface area contributed by atoms with Gasteiger partial charge in [0.25, 0.3) is 0 Å². The fraction of sp³-hybridized carbons (Fsp3) is 0.250. The van der Waals surface area contributed by atoms with Crippen LogP contribution in [-0.4, -0.2) is 35.5 Å². The van der Waals surface area contributed by atoms with Crippen LogP contribution in [0.2, 0.25) is 0 Å². The van der Waals surface area contributed by atoms with Crippen molar-refractivity contribution >= 4 is 11.2 Å². The molecule has 4 rings (SSSR count). The SMILES string of the molecule is N#Cc1c(CN2CCN(c3ccc(F)cc3)CC2)cn2ccccc12. The lowest BCUT2D eigenvalue weighted by Gasteiger charge is -2.36. The Kier molecular flexibility index (Phi) is 4.12. The first kappa shape index (κ1) is 15.7. The molecule has 0 radical (unpaired) electrons. The van der Waals surface area contributed by atoms with Gasteiger partial charge in [-0.1, -0.05) is 6.07 Å². The smallest absolute Gasteiger partial charge is 0.123 e. The van der Waals surface area contributed by atoms with Crippen LogP contribution in [-0.2, 0) is 6.54 Å².